The molecule has 1 amide bonds. The van der Waals surface area contributed by atoms with Crippen LogP contribution in [0.3, 0.4) is 0 Å². The fourth-order valence-corrected chi connectivity index (χ4v) is 4.17. The van der Waals surface area contributed by atoms with E-state index < -0.39 is 24.3 Å². The smallest absolute Gasteiger partial charge is 0.475 e. The number of carboxylic acids is 2. The molecule has 214 valence electrons. The van der Waals surface area contributed by atoms with Crippen molar-refractivity contribution in [2.45, 2.75) is 50.4 Å². The fraction of sp³-hybridized carbons (Fsp3) is 0.391. The number of hydrogen-bond acceptors (Lipinski definition) is 5. The van der Waals surface area contributed by atoms with Crippen LogP contribution in [0.15, 0.2) is 42.6 Å². The molecule has 2 aliphatic heterocycles. The summed E-state index contributed by atoms with van der Waals surface area (Å²) in [4.78, 5) is 39.0. The number of aliphatic carboxylic acids is 2. The van der Waals surface area contributed by atoms with Crippen molar-refractivity contribution < 1.29 is 55.3 Å². The molecular formula is C23H21ClF7N3O5. The lowest BCUT2D eigenvalue weighted by atomic mass is 10.1. The van der Waals surface area contributed by atoms with E-state index in [-0.39, 0.29) is 23.8 Å². The molecule has 2 aromatic rings. The van der Waals surface area contributed by atoms with Crippen LogP contribution in [-0.2, 0) is 27.5 Å². The zero-order chi connectivity index (χ0) is 29.5. The normalized spacial score (nSPS) is 19.0. The van der Waals surface area contributed by atoms with Gasteiger partial charge in [-0.2, -0.15) is 26.3 Å². The Kier molecular flexibility index (Phi) is 10.6. The number of alkyl halides is 6. The van der Waals surface area contributed by atoms with E-state index in [9.17, 15) is 35.5 Å². The first-order valence-corrected chi connectivity index (χ1v) is 11.4. The number of pyridine rings is 1. The number of rotatable bonds is 4. The van der Waals surface area contributed by atoms with Crippen LogP contribution in [0.25, 0.3) is 0 Å². The second kappa shape index (κ2) is 13.1. The highest BCUT2D eigenvalue weighted by molar-refractivity contribution is 6.31. The molecule has 0 bridgehead atoms. The first-order chi connectivity index (χ1) is 18.0. The van der Waals surface area contributed by atoms with Crippen LogP contribution in [0, 0.1) is 5.82 Å². The van der Waals surface area contributed by atoms with Gasteiger partial charge in [0.25, 0.3) is 0 Å². The van der Waals surface area contributed by atoms with Gasteiger partial charge in [0.15, 0.2) is 0 Å². The molecule has 4 rings (SSSR count). The minimum atomic E-state index is -5.08. The number of nitrogens with zero attached hydrogens (tertiary/aromatic N) is 3. The first-order valence-electron chi connectivity index (χ1n) is 11.0. The maximum atomic E-state index is 13.2. The average molecular weight is 588 g/mol. The Bertz CT molecular complexity index is 1140. The Balaban J connectivity index is 0.000000317. The molecule has 1 aromatic carbocycles. The number of halogens is 8. The lowest BCUT2D eigenvalue weighted by molar-refractivity contribution is -0.193. The number of amides is 1. The second-order valence-electron chi connectivity index (χ2n) is 8.28. The van der Waals surface area contributed by atoms with Crippen LogP contribution in [0.5, 0.6) is 0 Å². The van der Waals surface area contributed by atoms with Crippen LogP contribution < -0.4 is 0 Å². The maximum absolute atomic E-state index is 13.2. The average Bonchev–Trinajstić information content (AvgIpc) is 3.34. The van der Waals surface area contributed by atoms with Crippen molar-refractivity contribution in [3.63, 3.8) is 0 Å². The molecule has 2 N–H and O–H groups in total. The van der Waals surface area contributed by atoms with Gasteiger partial charge in [0.2, 0.25) is 5.91 Å². The second-order valence-corrected chi connectivity index (χ2v) is 8.69. The minimum Gasteiger partial charge on any atom is -0.475 e. The summed E-state index contributed by atoms with van der Waals surface area (Å²) in [5, 5.41) is 14.6. The monoisotopic (exact) mass is 587 g/mol. The van der Waals surface area contributed by atoms with Gasteiger partial charge >= 0.3 is 24.3 Å². The van der Waals surface area contributed by atoms with E-state index >= 15 is 0 Å². The van der Waals surface area contributed by atoms with Gasteiger partial charge in [0.1, 0.15) is 5.82 Å². The van der Waals surface area contributed by atoms with Crippen molar-refractivity contribution in [1.29, 1.82) is 0 Å². The fourth-order valence-electron chi connectivity index (χ4n) is 3.94. The molecule has 0 spiro atoms. The standard InChI is InChI=1S/C19H19ClFN3O.2C2HF3O2/c20-16-9-14(21)5-4-13(16)11-24-17-6-8-23(18(17)10-19(24)25)12-15-3-1-2-7-22-15;2*3-2(4,5)1(6)7/h1-5,7,9,17-18H,6,8,10-12H2;2*(H,6,7)/t17-,18-;;/m0../s1. The topological polar surface area (TPSA) is 111 Å². The summed E-state index contributed by atoms with van der Waals surface area (Å²) in [6, 6.07) is 10.7. The Morgan fingerprint density at radius 1 is 0.974 bits per heavy atom. The van der Waals surface area contributed by atoms with Crippen molar-refractivity contribution >= 4 is 29.4 Å². The highest BCUT2D eigenvalue weighted by atomic mass is 35.5. The number of carboxylic acid groups (broad SMARTS) is 2. The molecule has 2 saturated heterocycles. The van der Waals surface area contributed by atoms with Gasteiger partial charge in [-0.1, -0.05) is 23.7 Å². The SMILES string of the molecule is O=C(O)C(F)(F)F.O=C(O)C(F)(F)F.O=C1C[C@H]2[C@H](CCN2Cc2ccccn2)N1Cc1ccc(F)cc1Cl. The van der Waals surface area contributed by atoms with Gasteiger partial charge in [-0.15, -0.1) is 0 Å². The molecule has 2 aliphatic rings. The van der Waals surface area contributed by atoms with Crippen LogP contribution in [0.4, 0.5) is 30.7 Å². The lowest BCUT2D eigenvalue weighted by Crippen LogP contribution is -2.36. The van der Waals surface area contributed by atoms with Crippen molar-refractivity contribution in [3.8, 4) is 0 Å². The van der Waals surface area contributed by atoms with E-state index in [1.807, 2.05) is 23.1 Å². The Labute approximate surface area is 221 Å². The molecule has 2 fully saturated rings. The highest BCUT2D eigenvalue weighted by Gasteiger charge is 2.46. The van der Waals surface area contributed by atoms with E-state index in [0.29, 0.717) is 18.0 Å². The third-order valence-corrected chi connectivity index (χ3v) is 6.01. The van der Waals surface area contributed by atoms with Gasteiger partial charge in [0, 0.05) is 49.4 Å². The molecule has 16 heteroatoms. The molecule has 0 aliphatic carbocycles. The van der Waals surface area contributed by atoms with E-state index in [2.05, 4.69) is 9.88 Å². The van der Waals surface area contributed by atoms with Gasteiger partial charge < -0.3 is 15.1 Å². The molecule has 0 saturated carbocycles. The first kappa shape index (κ1) is 31.8. The van der Waals surface area contributed by atoms with Gasteiger partial charge in [-0.3, -0.25) is 14.7 Å². The molecule has 8 nitrogen and oxygen atoms in total. The largest absolute Gasteiger partial charge is 0.490 e. The highest BCUT2D eigenvalue weighted by Crippen LogP contribution is 2.35. The molecule has 0 radical (unpaired) electrons. The summed E-state index contributed by atoms with van der Waals surface area (Å²) in [5.41, 5.74) is 1.82. The minimum absolute atomic E-state index is 0.140. The molecule has 1 aromatic heterocycles. The summed E-state index contributed by atoms with van der Waals surface area (Å²) >= 11 is 6.14. The summed E-state index contributed by atoms with van der Waals surface area (Å²) in [6.07, 6.45) is -6.90. The predicted octanol–water partition coefficient (Wildman–Crippen LogP) is 4.52. The maximum Gasteiger partial charge on any atom is 0.490 e. The Hall–Kier alpha value is -3.46. The van der Waals surface area contributed by atoms with Crippen molar-refractivity contribution in [1.82, 2.24) is 14.8 Å². The van der Waals surface area contributed by atoms with E-state index in [0.717, 1.165) is 30.8 Å². The summed E-state index contributed by atoms with van der Waals surface area (Å²) in [6.45, 7) is 2.16. The predicted molar refractivity (Wildman–Crippen MR) is 121 cm³/mol. The van der Waals surface area contributed by atoms with E-state index in [4.69, 9.17) is 31.4 Å². The third kappa shape index (κ3) is 9.35. The zero-order valence-electron chi connectivity index (χ0n) is 19.7. The van der Waals surface area contributed by atoms with Gasteiger partial charge in [0.05, 0.1) is 5.69 Å². The zero-order valence-corrected chi connectivity index (χ0v) is 20.5. The number of likely N-dealkylation sites (tertiary alicyclic amines) is 2. The number of aromatic nitrogens is 1. The number of benzene rings is 1. The summed E-state index contributed by atoms with van der Waals surface area (Å²) < 4.78 is 76.7. The Morgan fingerprint density at radius 3 is 2.05 bits per heavy atom. The number of carbonyl (C=O) groups excluding carboxylic acids is 1. The number of fused-ring (bicyclic) bond motifs is 1. The Morgan fingerprint density at radius 2 is 1.56 bits per heavy atom. The quantitative estimate of drug-likeness (QED) is 0.506. The van der Waals surface area contributed by atoms with E-state index in [1.54, 1.807) is 12.3 Å². The third-order valence-electron chi connectivity index (χ3n) is 5.66. The van der Waals surface area contributed by atoms with Gasteiger partial charge in [-0.25, -0.2) is 14.0 Å². The number of carbonyl (C=O) groups is 3. The van der Waals surface area contributed by atoms with Crippen LogP contribution in [0.2, 0.25) is 5.02 Å². The van der Waals surface area contributed by atoms with Crippen LogP contribution >= 0.6 is 11.6 Å². The lowest BCUT2D eigenvalue weighted by Gasteiger charge is -2.25. The number of hydrogen-bond donors (Lipinski definition) is 2. The molecule has 3 heterocycles. The molecule has 39 heavy (non-hydrogen) atoms. The van der Waals surface area contributed by atoms with Gasteiger partial charge in [-0.05, 0) is 36.2 Å². The van der Waals surface area contributed by atoms with Crippen molar-refractivity contribution in [2.24, 2.45) is 0 Å². The molecular weight excluding hydrogens is 567 g/mol. The van der Waals surface area contributed by atoms with Crippen LogP contribution in [-0.4, -0.2) is 73.8 Å². The van der Waals surface area contributed by atoms with Crippen molar-refractivity contribution in [2.75, 3.05) is 6.54 Å². The van der Waals surface area contributed by atoms with Crippen LogP contribution in [0.1, 0.15) is 24.1 Å². The molecule has 0 unspecified atom stereocenters. The van der Waals surface area contributed by atoms with E-state index in [1.165, 1.54) is 12.1 Å². The summed E-state index contributed by atoms with van der Waals surface area (Å²) in [5.74, 6) is -5.73. The summed E-state index contributed by atoms with van der Waals surface area (Å²) in [7, 11) is 0. The molecule has 2 atom stereocenters. The van der Waals surface area contributed by atoms with Crippen molar-refractivity contribution in [3.05, 3.63) is 64.7 Å².